The number of anilines is 1. The van der Waals surface area contributed by atoms with Crippen LogP contribution in [-0.2, 0) is 9.53 Å². The Kier molecular flexibility index (Phi) is 5.95. The first-order valence-electron chi connectivity index (χ1n) is 11.3. The Morgan fingerprint density at radius 2 is 1.55 bits per heavy atom. The van der Waals surface area contributed by atoms with E-state index in [-0.39, 0.29) is 17.3 Å². The summed E-state index contributed by atoms with van der Waals surface area (Å²) in [6.45, 7) is 7.24. The third-order valence-electron chi connectivity index (χ3n) is 7.43. The summed E-state index contributed by atoms with van der Waals surface area (Å²) in [7, 11) is 0. The molecular formula is C24H34N2O3. The van der Waals surface area contributed by atoms with Gasteiger partial charge in [-0.25, -0.2) is 4.79 Å². The first kappa shape index (κ1) is 20.4. The molecule has 4 aliphatic rings. The molecule has 5 heteroatoms. The number of nitrogens with one attached hydrogen (secondary N) is 1. The number of esters is 1. The van der Waals surface area contributed by atoms with Crippen LogP contribution in [0, 0.1) is 23.2 Å². The van der Waals surface area contributed by atoms with Crippen LogP contribution in [0.3, 0.4) is 0 Å². The van der Waals surface area contributed by atoms with E-state index in [0.717, 1.165) is 62.3 Å². The van der Waals surface area contributed by atoms with Gasteiger partial charge in [0.2, 0.25) is 5.91 Å². The van der Waals surface area contributed by atoms with Crippen molar-refractivity contribution < 1.29 is 14.3 Å². The zero-order chi connectivity index (χ0) is 20.4. The fourth-order valence-electron chi connectivity index (χ4n) is 6.23. The molecule has 0 saturated heterocycles. The summed E-state index contributed by atoms with van der Waals surface area (Å²) >= 11 is 0. The molecule has 1 amide bonds. The molecule has 0 heterocycles. The summed E-state index contributed by atoms with van der Waals surface area (Å²) in [5.74, 6) is 2.13. The van der Waals surface area contributed by atoms with E-state index in [1.54, 1.807) is 12.1 Å². The maximum absolute atomic E-state index is 13.1. The largest absolute Gasteiger partial charge is 0.461 e. The van der Waals surface area contributed by atoms with E-state index in [4.69, 9.17) is 4.74 Å². The highest BCUT2D eigenvalue weighted by Gasteiger charge is 2.54. The molecule has 0 unspecified atom stereocenters. The summed E-state index contributed by atoms with van der Waals surface area (Å²) in [6, 6.07) is 7.13. The van der Waals surface area contributed by atoms with Crippen molar-refractivity contribution in [1.82, 2.24) is 4.90 Å². The fraction of sp³-hybridized carbons (Fsp3) is 0.667. The minimum atomic E-state index is -0.309. The molecule has 29 heavy (non-hydrogen) atoms. The lowest BCUT2D eigenvalue weighted by Crippen LogP contribution is -2.51. The Balaban J connectivity index is 1.31. The molecule has 4 saturated carbocycles. The van der Waals surface area contributed by atoms with Crippen LogP contribution in [0.15, 0.2) is 24.3 Å². The van der Waals surface area contributed by atoms with Crippen molar-refractivity contribution in [3.63, 3.8) is 0 Å². The van der Waals surface area contributed by atoms with Gasteiger partial charge in [-0.15, -0.1) is 0 Å². The lowest BCUT2D eigenvalue weighted by atomic mass is 9.49. The van der Waals surface area contributed by atoms with Gasteiger partial charge in [0.1, 0.15) is 6.61 Å². The molecule has 4 fully saturated rings. The molecule has 158 valence electrons. The van der Waals surface area contributed by atoms with Crippen molar-refractivity contribution in [2.45, 2.75) is 52.4 Å². The maximum atomic E-state index is 13.1. The van der Waals surface area contributed by atoms with Crippen LogP contribution >= 0.6 is 0 Å². The highest BCUT2D eigenvalue weighted by Crippen LogP contribution is 2.60. The van der Waals surface area contributed by atoms with Crippen molar-refractivity contribution in [1.29, 1.82) is 0 Å². The van der Waals surface area contributed by atoms with Crippen molar-refractivity contribution >= 4 is 17.6 Å². The second-order valence-electron chi connectivity index (χ2n) is 9.39. The number of likely N-dealkylation sites (N-methyl/N-ethyl adjacent to an activating group) is 1. The molecule has 0 atom stereocenters. The average Bonchev–Trinajstić information content (AvgIpc) is 2.70. The average molecular weight is 399 g/mol. The lowest BCUT2D eigenvalue weighted by Gasteiger charge is -2.55. The van der Waals surface area contributed by atoms with Gasteiger partial charge >= 0.3 is 5.97 Å². The second-order valence-corrected chi connectivity index (χ2v) is 9.39. The Hall–Kier alpha value is -1.88. The molecule has 4 aliphatic carbocycles. The number of benzene rings is 1. The predicted octanol–water partition coefficient (Wildman–Crippen LogP) is 4.34. The lowest BCUT2D eigenvalue weighted by molar-refractivity contribution is -0.140. The van der Waals surface area contributed by atoms with E-state index < -0.39 is 0 Å². The van der Waals surface area contributed by atoms with E-state index in [2.05, 4.69) is 24.1 Å². The quantitative estimate of drug-likeness (QED) is 0.662. The number of carbonyl (C=O) groups is 2. The third kappa shape index (κ3) is 4.35. The van der Waals surface area contributed by atoms with Crippen molar-refractivity contribution in [2.75, 3.05) is 31.6 Å². The molecular weight excluding hydrogens is 364 g/mol. The van der Waals surface area contributed by atoms with E-state index in [1.165, 1.54) is 19.3 Å². The molecule has 5 nitrogen and oxygen atoms in total. The van der Waals surface area contributed by atoms with Crippen LogP contribution in [0.4, 0.5) is 5.69 Å². The van der Waals surface area contributed by atoms with Crippen molar-refractivity contribution in [3.8, 4) is 0 Å². The van der Waals surface area contributed by atoms with Gasteiger partial charge in [-0.3, -0.25) is 4.79 Å². The van der Waals surface area contributed by atoms with Gasteiger partial charge < -0.3 is 15.0 Å². The zero-order valence-corrected chi connectivity index (χ0v) is 17.8. The van der Waals surface area contributed by atoms with Gasteiger partial charge in [0.05, 0.1) is 11.0 Å². The topological polar surface area (TPSA) is 58.6 Å². The first-order chi connectivity index (χ1) is 14.0. The number of hydrogen-bond acceptors (Lipinski definition) is 4. The molecule has 5 rings (SSSR count). The predicted molar refractivity (Wildman–Crippen MR) is 114 cm³/mol. The Labute approximate surface area is 174 Å². The van der Waals surface area contributed by atoms with E-state index in [0.29, 0.717) is 12.2 Å². The van der Waals surface area contributed by atoms with Gasteiger partial charge in [-0.05, 0) is 93.6 Å². The number of ether oxygens (including phenoxy) is 1. The molecule has 1 aromatic rings. The minimum Gasteiger partial charge on any atom is -0.461 e. The Morgan fingerprint density at radius 1 is 1.00 bits per heavy atom. The van der Waals surface area contributed by atoms with Crippen LogP contribution in [0.2, 0.25) is 0 Å². The van der Waals surface area contributed by atoms with Gasteiger partial charge in [0.15, 0.2) is 0 Å². The van der Waals surface area contributed by atoms with Gasteiger partial charge in [0.25, 0.3) is 0 Å². The van der Waals surface area contributed by atoms with E-state index in [1.807, 2.05) is 12.1 Å². The highest BCUT2D eigenvalue weighted by molar-refractivity contribution is 5.96. The molecule has 0 aliphatic heterocycles. The van der Waals surface area contributed by atoms with Crippen LogP contribution in [0.25, 0.3) is 0 Å². The number of rotatable bonds is 8. The molecule has 1 aromatic carbocycles. The molecule has 0 aromatic heterocycles. The van der Waals surface area contributed by atoms with Gasteiger partial charge in [-0.1, -0.05) is 13.8 Å². The van der Waals surface area contributed by atoms with E-state index >= 15 is 0 Å². The van der Waals surface area contributed by atoms with E-state index in [9.17, 15) is 9.59 Å². The second kappa shape index (κ2) is 8.47. The summed E-state index contributed by atoms with van der Waals surface area (Å²) in [4.78, 5) is 27.6. The summed E-state index contributed by atoms with van der Waals surface area (Å²) in [6.07, 6.45) is 7.16. The monoisotopic (exact) mass is 398 g/mol. The smallest absolute Gasteiger partial charge is 0.338 e. The molecule has 4 bridgehead atoms. The molecule has 0 spiro atoms. The number of amides is 1. The summed E-state index contributed by atoms with van der Waals surface area (Å²) < 4.78 is 5.38. The van der Waals surface area contributed by atoms with Crippen molar-refractivity contribution in [2.24, 2.45) is 23.2 Å². The SMILES string of the molecule is CCN(CC)CCOC(=O)c1ccc(NC(=O)C23CC4CC(CC(C4)C2)C3)cc1. The zero-order valence-electron chi connectivity index (χ0n) is 17.8. The fourth-order valence-corrected chi connectivity index (χ4v) is 6.23. The Bertz CT molecular complexity index is 704. The van der Waals surface area contributed by atoms with Crippen LogP contribution < -0.4 is 5.32 Å². The van der Waals surface area contributed by atoms with Crippen LogP contribution in [-0.4, -0.2) is 43.0 Å². The number of hydrogen-bond donors (Lipinski definition) is 1. The summed E-state index contributed by atoms with van der Waals surface area (Å²) in [5.41, 5.74) is 1.14. The van der Waals surface area contributed by atoms with Gasteiger partial charge in [-0.2, -0.15) is 0 Å². The molecule has 1 N–H and O–H groups in total. The van der Waals surface area contributed by atoms with Crippen molar-refractivity contribution in [3.05, 3.63) is 29.8 Å². The van der Waals surface area contributed by atoms with Crippen LogP contribution in [0.5, 0.6) is 0 Å². The third-order valence-corrected chi connectivity index (χ3v) is 7.43. The van der Waals surface area contributed by atoms with Gasteiger partial charge in [0, 0.05) is 12.2 Å². The first-order valence-corrected chi connectivity index (χ1v) is 11.3. The highest BCUT2D eigenvalue weighted by atomic mass is 16.5. The Morgan fingerprint density at radius 3 is 2.07 bits per heavy atom. The number of carbonyl (C=O) groups excluding carboxylic acids is 2. The normalized spacial score (nSPS) is 29.8. The maximum Gasteiger partial charge on any atom is 0.338 e. The minimum absolute atomic E-state index is 0.156. The number of nitrogens with zero attached hydrogens (tertiary/aromatic N) is 1. The van der Waals surface area contributed by atoms with Crippen LogP contribution in [0.1, 0.15) is 62.7 Å². The molecule has 0 radical (unpaired) electrons. The summed E-state index contributed by atoms with van der Waals surface area (Å²) in [5, 5.41) is 3.14. The standard InChI is InChI=1S/C24H34N2O3/c1-3-26(4-2)9-10-29-22(27)20-5-7-21(8-6-20)25-23(28)24-14-17-11-18(15-24)13-19(12-17)16-24/h5-8,17-19H,3-4,9-16H2,1-2H3,(H,25,28).